The average molecular weight is 324 g/mol. The van der Waals surface area contributed by atoms with Crippen molar-refractivity contribution in [2.75, 3.05) is 18.4 Å². The van der Waals surface area contributed by atoms with Crippen molar-refractivity contribution < 1.29 is 8.42 Å². The number of aliphatic imine (C=N–C) groups is 1. The van der Waals surface area contributed by atoms with Gasteiger partial charge in [0.2, 0.25) is 11.9 Å². The standard InChI is InChI=1S/C13H20N6O2S/c14-12(16-11-7-3-1-4-8-11)17-13(15)18-22(20,21)19-9-5-2-6-10-19/h1,3-4,7-8H,2,5-6,9-10H2,(H5,14,15,16,17,18). The van der Waals surface area contributed by atoms with Crippen LogP contribution in [0, 0.1) is 0 Å². The largest absolute Gasteiger partial charge is 0.369 e. The van der Waals surface area contributed by atoms with Gasteiger partial charge in [0.1, 0.15) is 0 Å². The SMILES string of the molecule is NC(=N\S(=O)(=O)N1CCCCC1)/N=C(\N)Nc1ccccc1. The Balaban J connectivity index is 2.05. The summed E-state index contributed by atoms with van der Waals surface area (Å²) in [5, 5.41) is 2.80. The molecule has 5 N–H and O–H groups in total. The maximum Gasteiger partial charge on any atom is 0.325 e. The highest BCUT2D eigenvalue weighted by Gasteiger charge is 2.23. The van der Waals surface area contributed by atoms with Crippen LogP contribution in [0.1, 0.15) is 19.3 Å². The third-order valence-corrected chi connectivity index (χ3v) is 4.57. The van der Waals surface area contributed by atoms with Gasteiger partial charge in [-0.15, -0.1) is 4.40 Å². The molecular weight excluding hydrogens is 304 g/mol. The summed E-state index contributed by atoms with van der Waals surface area (Å²) in [7, 11) is -3.80. The molecule has 1 fully saturated rings. The molecule has 1 aliphatic heterocycles. The molecule has 0 saturated carbocycles. The molecule has 0 unspecified atom stereocenters. The van der Waals surface area contributed by atoms with E-state index in [9.17, 15) is 8.42 Å². The molecule has 1 saturated heterocycles. The van der Waals surface area contributed by atoms with E-state index in [1.54, 1.807) is 12.1 Å². The maximum absolute atomic E-state index is 12.1. The van der Waals surface area contributed by atoms with Gasteiger partial charge in [0.25, 0.3) is 0 Å². The lowest BCUT2D eigenvalue weighted by atomic mass is 10.2. The van der Waals surface area contributed by atoms with Crippen LogP contribution in [0.3, 0.4) is 0 Å². The van der Waals surface area contributed by atoms with Crippen molar-refractivity contribution in [3.05, 3.63) is 30.3 Å². The smallest absolute Gasteiger partial charge is 0.325 e. The van der Waals surface area contributed by atoms with Gasteiger partial charge in [-0.05, 0) is 25.0 Å². The van der Waals surface area contributed by atoms with Crippen molar-refractivity contribution in [1.82, 2.24) is 4.31 Å². The minimum Gasteiger partial charge on any atom is -0.369 e. The Labute approximate surface area is 130 Å². The molecule has 120 valence electrons. The van der Waals surface area contributed by atoms with Crippen LogP contribution in [0.5, 0.6) is 0 Å². The van der Waals surface area contributed by atoms with E-state index >= 15 is 0 Å². The first-order chi connectivity index (χ1) is 10.5. The Bertz CT molecular complexity index is 650. The van der Waals surface area contributed by atoms with Gasteiger partial charge in [0.15, 0.2) is 0 Å². The van der Waals surface area contributed by atoms with Gasteiger partial charge in [-0.2, -0.15) is 17.7 Å². The number of nitrogens with one attached hydrogen (secondary N) is 1. The summed E-state index contributed by atoms with van der Waals surface area (Å²) in [6.07, 6.45) is 2.68. The Kier molecular flexibility index (Phi) is 5.34. The van der Waals surface area contributed by atoms with Gasteiger partial charge >= 0.3 is 10.2 Å². The average Bonchev–Trinajstić information content (AvgIpc) is 2.48. The minimum atomic E-state index is -3.80. The Morgan fingerprint density at radius 2 is 1.73 bits per heavy atom. The molecule has 2 rings (SSSR count). The van der Waals surface area contributed by atoms with Crippen molar-refractivity contribution in [3.8, 4) is 0 Å². The zero-order valence-electron chi connectivity index (χ0n) is 12.1. The van der Waals surface area contributed by atoms with E-state index in [0.717, 1.165) is 24.9 Å². The first-order valence-corrected chi connectivity index (χ1v) is 8.39. The number of anilines is 1. The number of benzene rings is 1. The Morgan fingerprint density at radius 1 is 1.09 bits per heavy atom. The lowest BCUT2D eigenvalue weighted by molar-refractivity contribution is 0.347. The first kappa shape index (κ1) is 16.2. The topological polar surface area (TPSA) is 126 Å². The number of piperidine rings is 1. The van der Waals surface area contributed by atoms with E-state index < -0.39 is 16.2 Å². The molecule has 1 heterocycles. The third-order valence-electron chi connectivity index (χ3n) is 3.13. The molecule has 0 spiro atoms. The zero-order chi connectivity index (χ0) is 16.0. The van der Waals surface area contributed by atoms with Crippen LogP contribution in [0.2, 0.25) is 0 Å². The summed E-state index contributed by atoms with van der Waals surface area (Å²) in [6, 6.07) is 9.10. The van der Waals surface area contributed by atoms with Crippen molar-refractivity contribution >= 4 is 27.8 Å². The first-order valence-electron chi connectivity index (χ1n) is 6.99. The van der Waals surface area contributed by atoms with Crippen molar-refractivity contribution in [1.29, 1.82) is 0 Å². The summed E-state index contributed by atoms with van der Waals surface area (Å²) >= 11 is 0. The molecule has 0 aromatic heterocycles. The Morgan fingerprint density at radius 3 is 2.36 bits per heavy atom. The van der Waals surface area contributed by atoms with Crippen LogP contribution in [0.15, 0.2) is 39.7 Å². The molecule has 1 aliphatic rings. The molecule has 0 aliphatic carbocycles. The summed E-state index contributed by atoms with van der Waals surface area (Å²) in [4.78, 5) is 3.76. The molecular formula is C13H20N6O2S. The van der Waals surface area contributed by atoms with Crippen LogP contribution in [-0.2, 0) is 10.2 Å². The van der Waals surface area contributed by atoms with Crippen LogP contribution in [0.25, 0.3) is 0 Å². The van der Waals surface area contributed by atoms with Gasteiger partial charge < -0.3 is 16.8 Å². The van der Waals surface area contributed by atoms with Crippen molar-refractivity contribution in [2.45, 2.75) is 19.3 Å². The van der Waals surface area contributed by atoms with Gasteiger partial charge in [-0.25, -0.2) is 0 Å². The van der Waals surface area contributed by atoms with Gasteiger partial charge in [-0.1, -0.05) is 24.6 Å². The van der Waals surface area contributed by atoms with Crippen molar-refractivity contribution in [2.24, 2.45) is 20.9 Å². The van der Waals surface area contributed by atoms with Crippen LogP contribution in [-0.4, -0.2) is 37.7 Å². The second kappa shape index (κ2) is 7.23. The number of rotatable bonds is 3. The van der Waals surface area contributed by atoms with Crippen molar-refractivity contribution in [3.63, 3.8) is 0 Å². The van der Waals surface area contributed by atoms with E-state index in [1.165, 1.54) is 4.31 Å². The molecule has 0 atom stereocenters. The summed E-state index contributed by atoms with van der Waals surface area (Å²) in [6.45, 7) is 0.918. The van der Waals surface area contributed by atoms with Gasteiger partial charge in [-0.3, -0.25) is 0 Å². The quantitative estimate of drug-likeness (QED) is 0.550. The molecule has 9 heteroatoms. The normalized spacial score (nSPS) is 18.2. The fourth-order valence-corrected chi connectivity index (χ4v) is 3.23. The predicted molar refractivity (Wildman–Crippen MR) is 87.7 cm³/mol. The van der Waals surface area contributed by atoms with Crippen LogP contribution >= 0.6 is 0 Å². The van der Waals surface area contributed by atoms with Gasteiger partial charge in [0, 0.05) is 18.8 Å². The molecule has 0 radical (unpaired) electrons. The molecule has 1 aromatic carbocycles. The second-order valence-electron chi connectivity index (χ2n) is 4.88. The minimum absolute atomic E-state index is 0.0266. The van der Waals surface area contributed by atoms with Gasteiger partial charge in [0.05, 0.1) is 0 Å². The fraction of sp³-hybridized carbons (Fsp3) is 0.385. The summed E-state index contributed by atoms with van der Waals surface area (Å²) < 4.78 is 28.9. The molecule has 22 heavy (non-hydrogen) atoms. The lowest BCUT2D eigenvalue weighted by Gasteiger charge is -2.23. The number of nitrogens with two attached hydrogens (primary N) is 2. The predicted octanol–water partition coefficient (Wildman–Crippen LogP) is 0.459. The number of hydrogen-bond acceptors (Lipinski definition) is 2. The number of nitrogens with zero attached hydrogens (tertiary/aromatic N) is 3. The van der Waals surface area contributed by atoms with E-state index in [0.29, 0.717) is 13.1 Å². The highest BCUT2D eigenvalue weighted by molar-refractivity contribution is 7.87. The summed E-state index contributed by atoms with van der Waals surface area (Å²) in [5.74, 6) is -0.423. The highest BCUT2D eigenvalue weighted by atomic mass is 32.2. The maximum atomic E-state index is 12.1. The van der Waals surface area contributed by atoms with E-state index in [2.05, 4.69) is 14.7 Å². The molecule has 1 aromatic rings. The zero-order valence-corrected chi connectivity index (χ0v) is 13.0. The van der Waals surface area contributed by atoms with Crippen LogP contribution in [0.4, 0.5) is 5.69 Å². The fourth-order valence-electron chi connectivity index (χ4n) is 2.11. The number of para-hydroxylation sites is 1. The lowest BCUT2D eigenvalue weighted by Crippen LogP contribution is -2.35. The monoisotopic (exact) mass is 324 g/mol. The molecule has 0 amide bonds. The molecule has 8 nitrogen and oxygen atoms in total. The van der Waals surface area contributed by atoms with E-state index in [-0.39, 0.29) is 5.96 Å². The second-order valence-corrected chi connectivity index (χ2v) is 6.47. The Hall–Kier alpha value is -2.13. The summed E-state index contributed by atoms with van der Waals surface area (Å²) in [5.41, 5.74) is 11.9. The highest BCUT2D eigenvalue weighted by Crippen LogP contribution is 2.14. The van der Waals surface area contributed by atoms with E-state index in [1.807, 2.05) is 18.2 Å². The van der Waals surface area contributed by atoms with Crippen LogP contribution < -0.4 is 16.8 Å². The van der Waals surface area contributed by atoms with E-state index in [4.69, 9.17) is 11.5 Å². The molecule has 0 bridgehead atoms. The number of hydrogen-bond donors (Lipinski definition) is 3. The third kappa shape index (κ3) is 4.71. The number of guanidine groups is 2.